The van der Waals surface area contributed by atoms with Gasteiger partial charge in [-0.25, -0.2) is 4.79 Å². The topological polar surface area (TPSA) is 110 Å². The van der Waals surface area contributed by atoms with Crippen LogP contribution < -0.4 is 5.73 Å². The molecule has 1 saturated carbocycles. The van der Waals surface area contributed by atoms with Gasteiger partial charge in [-0.2, -0.15) is 0 Å². The van der Waals surface area contributed by atoms with Crippen LogP contribution in [-0.4, -0.2) is 53.1 Å². The minimum Gasteiger partial charge on any atom is -0.481 e. The number of hydrogen-bond donors (Lipinski definition) is 2. The number of ether oxygens (including phenoxy) is 1. The van der Waals surface area contributed by atoms with Gasteiger partial charge in [0, 0.05) is 7.05 Å². The van der Waals surface area contributed by atoms with Crippen molar-refractivity contribution in [2.45, 2.75) is 57.0 Å². The van der Waals surface area contributed by atoms with Crippen molar-refractivity contribution < 1.29 is 24.2 Å². The number of rotatable bonds is 6. The SMILES string of the molecule is CCOC(=O)C(N)C(=O)N(C)C1(CC(=O)O)CCCCC1. The van der Waals surface area contributed by atoms with E-state index in [2.05, 4.69) is 0 Å². The first kappa shape index (κ1) is 17.4. The lowest BCUT2D eigenvalue weighted by atomic mass is 9.78. The van der Waals surface area contributed by atoms with Crippen molar-refractivity contribution in [3.63, 3.8) is 0 Å². The highest BCUT2D eigenvalue weighted by molar-refractivity contribution is 6.02. The van der Waals surface area contributed by atoms with Gasteiger partial charge in [-0.3, -0.25) is 9.59 Å². The fourth-order valence-corrected chi connectivity index (χ4v) is 2.90. The zero-order valence-electron chi connectivity index (χ0n) is 12.6. The van der Waals surface area contributed by atoms with Crippen LogP contribution in [0.5, 0.6) is 0 Å². The number of amides is 1. The van der Waals surface area contributed by atoms with Crippen molar-refractivity contribution >= 4 is 17.8 Å². The number of carboxylic acids is 1. The van der Waals surface area contributed by atoms with E-state index in [1.165, 1.54) is 11.9 Å². The third kappa shape index (κ3) is 4.17. The molecule has 7 heteroatoms. The summed E-state index contributed by atoms with van der Waals surface area (Å²) in [6.45, 7) is 1.77. The third-order valence-corrected chi connectivity index (χ3v) is 4.11. The molecule has 0 heterocycles. The fraction of sp³-hybridized carbons (Fsp3) is 0.786. The van der Waals surface area contributed by atoms with Crippen LogP contribution in [0.2, 0.25) is 0 Å². The number of hydrogen-bond acceptors (Lipinski definition) is 5. The largest absolute Gasteiger partial charge is 0.481 e. The summed E-state index contributed by atoms with van der Waals surface area (Å²) < 4.78 is 4.75. The maximum Gasteiger partial charge on any atom is 0.332 e. The van der Waals surface area contributed by atoms with Crippen molar-refractivity contribution in [3.8, 4) is 0 Å². The van der Waals surface area contributed by atoms with E-state index >= 15 is 0 Å². The zero-order valence-corrected chi connectivity index (χ0v) is 12.6. The Balaban J connectivity index is 2.89. The summed E-state index contributed by atoms with van der Waals surface area (Å²) in [5.74, 6) is -2.33. The highest BCUT2D eigenvalue weighted by Crippen LogP contribution is 2.36. The molecule has 0 aromatic heterocycles. The summed E-state index contributed by atoms with van der Waals surface area (Å²) in [4.78, 5) is 36.4. The van der Waals surface area contributed by atoms with Crippen LogP contribution in [0.3, 0.4) is 0 Å². The molecule has 1 rings (SSSR count). The lowest BCUT2D eigenvalue weighted by Gasteiger charge is -2.44. The maximum absolute atomic E-state index is 12.4. The quantitative estimate of drug-likeness (QED) is 0.546. The fourth-order valence-electron chi connectivity index (χ4n) is 2.90. The highest BCUT2D eigenvalue weighted by atomic mass is 16.5. The molecule has 1 amide bonds. The number of carboxylic acid groups (broad SMARTS) is 1. The van der Waals surface area contributed by atoms with Crippen molar-refractivity contribution in [3.05, 3.63) is 0 Å². The van der Waals surface area contributed by atoms with Crippen LogP contribution in [0, 0.1) is 0 Å². The molecule has 0 saturated heterocycles. The predicted molar refractivity (Wildman–Crippen MR) is 75.4 cm³/mol. The van der Waals surface area contributed by atoms with Gasteiger partial charge >= 0.3 is 11.9 Å². The summed E-state index contributed by atoms with van der Waals surface area (Å²) in [7, 11) is 1.52. The summed E-state index contributed by atoms with van der Waals surface area (Å²) in [6.07, 6.45) is 3.82. The average Bonchev–Trinajstić information content (AvgIpc) is 2.45. The molecule has 1 unspecified atom stereocenters. The molecule has 21 heavy (non-hydrogen) atoms. The molecular formula is C14H24N2O5. The Morgan fingerprint density at radius 2 is 1.86 bits per heavy atom. The van der Waals surface area contributed by atoms with Gasteiger partial charge in [-0.05, 0) is 19.8 Å². The summed E-state index contributed by atoms with van der Waals surface area (Å²) in [5.41, 5.74) is 4.87. The van der Waals surface area contributed by atoms with Crippen molar-refractivity contribution in [2.24, 2.45) is 5.73 Å². The smallest absolute Gasteiger partial charge is 0.332 e. The number of nitrogens with zero attached hydrogens (tertiary/aromatic N) is 1. The summed E-state index contributed by atoms with van der Waals surface area (Å²) in [6, 6.07) is -1.40. The molecule has 1 atom stereocenters. The number of carbonyl (C=O) groups excluding carboxylic acids is 2. The second-order valence-corrected chi connectivity index (χ2v) is 5.48. The molecule has 0 spiro atoms. The van der Waals surface area contributed by atoms with E-state index in [9.17, 15) is 14.4 Å². The molecular weight excluding hydrogens is 276 g/mol. The Bertz CT molecular complexity index is 404. The molecule has 1 aliphatic rings. The predicted octanol–water partition coefficient (Wildman–Crippen LogP) is 0.513. The lowest BCUT2D eigenvalue weighted by molar-refractivity contribution is -0.154. The zero-order chi connectivity index (χ0) is 16.0. The number of aliphatic carboxylic acids is 1. The minimum atomic E-state index is -1.40. The third-order valence-electron chi connectivity index (χ3n) is 4.11. The average molecular weight is 300 g/mol. The normalized spacial score (nSPS) is 18.6. The van der Waals surface area contributed by atoms with Gasteiger partial charge in [-0.1, -0.05) is 19.3 Å². The molecule has 0 bridgehead atoms. The molecule has 7 nitrogen and oxygen atoms in total. The second-order valence-electron chi connectivity index (χ2n) is 5.48. The van der Waals surface area contributed by atoms with Gasteiger partial charge in [0.1, 0.15) is 0 Å². The summed E-state index contributed by atoms with van der Waals surface area (Å²) >= 11 is 0. The monoisotopic (exact) mass is 300 g/mol. The first-order chi connectivity index (χ1) is 9.84. The van der Waals surface area contributed by atoms with Gasteiger partial charge in [-0.15, -0.1) is 0 Å². The lowest BCUT2D eigenvalue weighted by Crippen LogP contribution is -2.58. The van der Waals surface area contributed by atoms with Crippen LogP contribution in [0.15, 0.2) is 0 Å². The Hall–Kier alpha value is -1.63. The van der Waals surface area contributed by atoms with Crippen molar-refractivity contribution in [2.75, 3.05) is 13.7 Å². The second kappa shape index (κ2) is 7.40. The van der Waals surface area contributed by atoms with Crippen LogP contribution >= 0.6 is 0 Å². The van der Waals surface area contributed by atoms with Gasteiger partial charge in [0.25, 0.3) is 5.91 Å². The van der Waals surface area contributed by atoms with Crippen LogP contribution in [0.4, 0.5) is 0 Å². The Morgan fingerprint density at radius 1 is 1.29 bits per heavy atom. The first-order valence-electron chi connectivity index (χ1n) is 7.26. The number of carbonyl (C=O) groups is 3. The van der Waals surface area contributed by atoms with Gasteiger partial charge < -0.3 is 20.5 Å². The number of likely N-dealkylation sites (N-methyl/N-ethyl adjacent to an activating group) is 1. The summed E-state index contributed by atoms with van der Waals surface area (Å²) in [5, 5.41) is 9.13. The van der Waals surface area contributed by atoms with E-state index in [1.54, 1.807) is 6.92 Å². The standard InChI is InChI=1S/C14H24N2O5/c1-3-21-13(20)11(15)12(19)16(2)14(9-10(17)18)7-5-4-6-8-14/h11H,3-9,15H2,1-2H3,(H,17,18). The van der Waals surface area contributed by atoms with Gasteiger partial charge in [0.2, 0.25) is 0 Å². The molecule has 120 valence electrons. The molecule has 1 fully saturated rings. The van der Waals surface area contributed by atoms with Gasteiger partial charge in [0.05, 0.1) is 18.6 Å². The van der Waals surface area contributed by atoms with Crippen LogP contribution in [0.1, 0.15) is 45.4 Å². The Labute approximate surface area is 124 Å². The molecule has 0 radical (unpaired) electrons. The van der Waals surface area contributed by atoms with Gasteiger partial charge in [0.15, 0.2) is 6.04 Å². The Morgan fingerprint density at radius 3 is 2.33 bits per heavy atom. The maximum atomic E-state index is 12.4. The Kier molecular flexibility index (Phi) is 6.14. The molecule has 3 N–H and O–H groups in total. The number of esters is 1. The van der Waals surface area contributed by atoms with E-state index in [-0.39, 0.29) is 13.0 Å². The van der Waals surface area contributed by atoms with E-state index < -0.39 is 29.4 Å². The van der Waals surface area contributed by atoms with Crippen LogP contribution in [-0.2, 0) is 19.1 Å². The molecule has 1 aliphatic carbocycles. The van der Waals surface area contributed by atoms with E-state index in [0.29, 0.717) is 12.8 Å². The van der Waals surface area contributed by atoms with Crippen LogP contribution in [0.25, 0.3) is 0 Å². The van der Waals surface area contributed by atoms with E-state index in [4.69, 9.17) is 15.6 Å². The molecule has 0 aliphatic heterocycles. The number of nitrogens with two attached hydrogens (primary N) is 1. The van der Waals surface area contributed by atoms with E-state index in [0.717, 1.165) is 19.3 Å². The minimum absolute atomic E-state index is 0.134. The molecule has 0 aromatic rings. The highest BCUT2D eigenvalue weighted by Gasteiger charge is 2.42. The molecule has 0 aromatic carbocycles. The van der Waals surface area contributed by atoms with E-state index in [1.807, 2.05) is 0 Å². The first-order valence-corrected chi connectivity index (χ1v) is 7.26. The van der Waals surface area contributed by atoms with Crippen molar-refractivity contribution in [1.29, 1.82) is 0 Å². The van der Waals surface area contributed by atoms with Crippen molar-refractivity contribution in [1.82, 2.24) is 4.90 Å².